The largest absolute Gasteiger partial charge is 0.396 e. The molecule has 5 rings (SSSR count). The summed E-state index contributed by atoms with van der Waals surface area (Å²) in [5, 5.41) is 10.6. The highest BCUT2D eigenvalue weighted by Gasteiger charge is 2.68. The average molecular weight is 441 g/mol. The Morgan fingerprint density at radius 2 is 1.59 bits per heavy atom. The summed E-state index contributed by atoms with van der Waals surface area (Å²) < 4.78 is 0. The second kappa shape index (κ2) is 6.73. The first-order valence-corrected chi connectivity index (χ1v) is 13.6. The molecular weight excluding hydrogens is 392 g/mol. The maximum Gasteiger partial charge on any atom is 0.138 e. The molecule has 4 fully saturated rings. The van der Waals surface area contributed by atoms with Crippen LogP contribution in [0, 0.1) is 50.2 Å². The lowest BCUT2D eigenvalue weighted by molar-refractivity contribution is -0.186. The third-order valence-corrected chi connectivity index (χ3v) is 12.9. The first-order valence-electron chi connectivity index (χ1n) is 13.6. The zero-order chi connectivity index (χ0) is 23.4. The number of carbonyl (C=O) groups excluding carboxylic acids is 1. The molecule has 0 aliphatic heterocycles. The molecule has 5 aliphatic carbocycles. The van der Waals surface area contributed by atoms with Gasteiger partial charge in [0.05, 0.1) is 0 Å². The first kappa shape index (κ1) is 23.1. The number of hydrogen-bond acceptors (Lipinski definition) is 2. The number of aliphatic hydroxyl groups is 1. The van der Waals surface area contributed by atoms with Gasteiger partial charge in [0.15, 0.2) is 0 Å². The molecule has 0 saturated heterocycles. The molecule has 0 spiro atoms. The number of hydrogen-bond donors (Lipinski definition) is 1. The standard InChI is InChI=1S/C30H48O2/c1-25(2)14-16-30(19-31)17-15-28(6)20(21(30)18-25)8-9-23-27(5)12-11-24(32)26(3,4)22(27)10-13-29(23,28)7/h8,21-23,31H,9-19H2,1-7H3/t21-,22+,23-,27+,28-,29-,30-/m1/s1. The van der Waals surface area contributed by atoms with Crippen LogP contribution >= 0.6 is 0 Å². The van der Waals surface area contributed by atoms with E-state index in [0.717, 1.165) is 12.8 Å². The Hall–Kier alpha value is -0.630. The highest BCUT2D eigenvalue weighted by Crippen LogP contribution is 2.75. The zero-order valence-electron chi connectivity index (χ0n) is 21.9. The number of fused-ring (bicyclic) bond motifs is 7. The molecule has 0 radical (unpaired) electrons. The lowest BCUT2D eigenvalue weighted by Gasteiger charge is -2.70. The summed E-state index contributed by atoms with van der Waals surface area (Å²) in [7, 11) is 0. The van der Waals surface area contributed by atoms with Crippen LogP contribution in [0.3, 0.4) is 0 Å². The summed E-state index contributed by atoms with van der Waals surface area (Å²) in [6.07, 6.45) is 14.2. The molecule has 180 valence electrons. The Morgan fingerprint density at radius 3 is 2.28 bits per heavy atom. The van der Waals surface area contributed by atoms with Crippen molar-refractivity contribution in [3.8, 4) is 0 Å². The number of allylic oxidation sites excluding steroid dienone is 2. The molecule has 0 aromatic carbocycles. The molecule has 0 aromatic rings. The quantitative estimate of drug-likeness (QED) is 0.433. The van der Waals surface area contributed by atoms with Crippen LogP contribution in [0.1, 0.15) is 113 Å². The minimum Gasteiger partial charge on any atom is -0.396 e. The second-order valence-corrected chi connectivity index (χ2v) is 14.9. The Kier molecular flexibility index (Phi) is 4.87. The van der Waals surface area contributed by atoms with E-state index in [2.05, 4.69) is 54.5 Å². The van der Waals surface area contributed by atoms with Gasteiger partial charge in [-0.3, -0.25) is 4.79 Å². The molecule has 7 atom stereocenters. The van der Waals surface area contributed by atoms with Crippen LogP contribution in [0.25, 0.3) is 0 Å². The summed E-state index contributed by atoms with van der Waals surface area (Å²) in [5.74, 6) is 2.22. The molecule has 0 heterocycles. The van der Waals surface area contributed by atoms with Crippen molar-refractivity contribution in [2.24, 2.45) is 50.2 Å². The Morgan fingerprint density at radius 1 is 0.906 bits per heavy atom. The number of Topliss-reactive ketones (excluding diaryl/α,β-unsaturated/α-hetero) is 1. The molecule has 0 aromatic heterocycles. The summed E-state index contributed by atoms with van der Waals surface area (Å²) in [4.78, 5) is 12.9. The van der Waals surface area contributed by atoms with Crippen molar-refractivity contribution in [1.82, 2.24) is 0 Å². The molecule has 32 heavy (non-hydrogen) atoms. The van der Waals surface area contributed by atoms with E-state index >= 15 is 0 Å². The molecule has 0 amide bonds. The van der Waals surface area contributed by atoms with Crippen molar-refractivity contribution < 1.29 is 9.90 Å². The van der Waals surface area contributed by atoms with Crippen LogP contribution in [0.15, 0.2) is 11.6 Å². The van der Waals surface area contributed by atoms with E-state index in [1.807, 2.05) is 0 Å². The molecule has 0 bridgehead atoms. The van der Waals surface area contributed by atoms with Crippen molar-refractivity contribution in [2.75, 3.05) is 6.61 Å². The van der Waals surface area contributed by atoms with E-state index in [0.29, 0.717) is 41.0 Å². The van der Waals surface area contributed by atoms with Crippen LogP contribution in [-0.4, -0.2) is 17.5 Å². The fourth-order valence-electron chi connectivity index (χ4n) is 10.4. The van der Waals surface area contributed by atoms with Gasteiger partial charge < -0.3 is 5.11 Å². The number of aliphatic hydroxyl groups excluding tert-OH is 1. The predicted molar refractivity (Wildman–Crippen MR) is 131 cm³/mol. The first-order chi connectivity index (χ1) is 14.8. The van der Waals surface area contributed by atoms with Crippen LogP contribution in [0.5, 0.6) is 0 Å². The smallest absolute Gasteiger partial charge is 0.138 e. The molecule has 2 heteroatoms. The third-order valence-electron chi connectivity index (χ3n) is 12.9. The Bertz CT molecular complexity index is 851. The van der Waals surface area contributed by atoms with Crippen molar-refractivity contribution in [2.45, 2.75) is 113 Å². The van der Waals surface area contributed by atoms with E-state index in [9.17, 15) is 9.90 Å². The zero-order valence-corrected chi connectivity index (χ0v) is 21.9. The van der Waals surface area contributed by atoms with Gasteiger partial charge in [0, 0.05) is 23.9 Å². The topological polar surface area (TPSA) is 37.3 Å². The molecule has 4 saturated carbocycles. The lowest BCUT2D eigenvalue weighted by Crippen LogP contribution is -2.64. The lowest BCUT2D eigenvalue weighted by atomic mass is 9.33. The van der Waals surface area contributed by atoms with Crippen molar-refractivity contribution in [3.63, 3.8) is 0 Å². The molecular formula is C30H48O2. The minimum absolute atomic E-state index is 0.115. The Labute approximate surface area is 197 Å². The van der Waals surface area contributed by atoms with Gasteiger partial charge in [-0.25, -0.2) is 0 Å². The molecule has 1 N–H and O–H groups in total. The highest BCUT2D eigenvalue weighted by atomic mass is 16.3. The van der Waals surface area contributed by atoms with E-state index in [1.165, 1.54) is 51.4 Å². The van der Waals surface area contributed by atoms with E-state index in [4.69, 9.17) is 0 Å². The van der Waals surface area contributed by atoms with E-state index in [-0.39, 0.29) is 21.7 Å². The van der Waals surface area contributed by atoms with Gasteiger partial charge in [-0.2, -0.15) is 0 Å². The second-order valence-electron chi connectivity index (χ2n) is 14.9. The van der Waals surface area contributed by atoms with Crippen LogP contribution in [0.4, 0.5) is 0 Å². The van der Waals surface area contributed by atoms with Gasteiger partial charge in [0.25, 0.3) is 0 Å². The molecule has 5 aliphatic rings. The summed E-state index contributed by atoms with van der Waals surface area (Å²) >= 11 is 0. The number of rotatable bonds is 1. The SMILES string of the molecule is CC1(C)CC[C@]2(CO)CC[C@]3(C)C(=CC[C@@H]4[C@@]5(C)CCC(=O)C(C)(C)[C@@H]5CC[C@]43C)[C@H]2C1. The summed E-state index contributed by atoms with van der Waals surface area (Å²) in [6, 6.07) is 0. The number of carbonyl (C=O) groups is 1. The monoisotopic (exact) mass is 440 g/mol. The third kappa shape index (κ3) is 2.71. The van der Waals surface area contributed by atoms with Crippen LogP contribution in [-0.2, 0) is 4.79 Å². The maximum atomic E-state index is 12.9. The van der Waals surface area contributed by atoms with Gasteiger partial charge in [-0.1, -0.05) is 60.1 Å². The molecule has 2 nitrogen and oxygen atoms in total. The number of ketones is 1. The van der Waals surface area contributed by atoms with Crippen LogP contribution in [0.2, 0.25) is 0 Å². The van der Waals surface area contributed by atoms with Crippen molar-refractivity contribution in [3.05, 3.63) is 11.6 Å². The van der Waals surface area contributed by atoms with E-state index < -0.39 is 0 Å². The fourth-order valence-corrected chi connectivity index (χ4v) is 10.4. The fraction of sp³-hybridized carbons (Fsp3) is 0.900. The van der Waals surface area contributed by atoms with Gasteiger partial charge >= 0.3 is 0 Å². The average Bonchev–Trinajstić information content (AvgIpc) is 2.71. The van der Waals surface area contributed by atoms with Crippen LogP contribution < -0.4 is 0 Å². The summed E-state index contributed by atoms with van der Waals surface area (Å²) in [6.45, 7) is 17.5. The predicted octanol–water partition coefficient (Wildman–Crippen LogP) is 7.35. The van der Waals surface area contributed by atoms with Gasteiger partial charge in [0.2, 0.25) is 0 Å². The van der Waals surface area contributed by atoms with Gasteiger partial charge in [-0.05, 0) is 97.2 Å². The normalized spacial score (nSPS) is 51.6. The van der Waals surface area contributed by atoms with Crippen molar-refractivity contribution >= 4 is 5.78 Å². The van der Waals surface area contributed by atoms with Gasteiger partial charge in [-0.15, -0.1) is 0 Å². The van der Waals surface area contributed by atoms with E-state index in [1.54, 1.807) is 5.57 Å². The minimum atomic E-state index is -0.175. The van der Waals surface area contributed by atoms with Gasteiger partial charge in [0.1, 0.15) is 5.78 Å². The summed E-state index contributed by atoms with van der Waals surface area (Å²) in [5.41, 5.74) is 2.81. The molecule has 0 unspecified atom stereocenters. The van der Waals surface area contributed by atoms with Crippen molar-refractivity contribution in [1.29, 1.82) is 0 Å². The maximum absolute atomic E-state index is 12.9. The highest BCUT2D eigenvalue weighted by molar-refractivity contribution is 5.85. The Balaban J connectivity index is 1.59.